The van der Waals surface area contributed by atoms with Gasteiger partial charge in [-0.2, -0.15) is 0 Å². The molecule has 0 saturated heterocycles. The van der Waals surface area contributed by atoms with Crippen LogP contribution in [0.5, 0.6) is 11.5 Å². The molecule has 5 heteroatoms. The Morgan fingerprint density at radius 3 is 2.93 bits per heavy atom. The molecule has 1 atom stereocenters. The zero-order valence-electron chi connectivity index (χ0n) is 8.06. The summed E-state index contributed by atoms with van der Waals surface area (Å²) in [7, 11) is 0. The van der Waals surface area contributed by atoms with Crippen LogP contribution in [-0.2, 0) is 11.1 Å². The molecule has 2 rings (SSSR count). The van der Waals surface area contributed by atoms with E-state index < -0.39 is 11.1 Å². The smallest absolute Gasteiger partial charge is 0.231 e. The molecule has 0 saturated carbocycles. The molecular weight excluding hydrogens is 216 g/mol. The topological polar surface area (TPSA) is 58.6 Å². The van der Waals surface area contributed by atoms with Crippen molar-refractivity contribution in [3.63, 3.8) is 0 Å². The number of fused-ring (bicyclic) bond motifs is 1. The van der Waals surface area contributed by atoms with E-state index in [4.69, 9.17) is 9.47 Å². The summed E-state index contributed by atoms with van der Waals surface area (Å²) in [5.74, 6) is 1.33. The minimum Gasteiger partial charge on any atom is -0.769 e. The van der Waals surface area contributed by atoms with Gasteiger partial charge in [-0.1, -0.05) is 6.07 Å². The number of ether oxygens (including phenoxy) is 2. The van der Waals surface area contributed by atoms with Crippen LogP contribution in [0.3, 0.4) is 0 Å². The van der Waals surface area contributed by atoms with Gasteiger partial charge in [-0.25, -0.2) is 0 Å². The van der Waals surface area contributed by atoms with Crippen LogP contribution in [0.2, 0.25) is 0 Å². The molecule has 0 amide bonds. The lowest BCUT2D eigenvalue weighted by atomic mass is 10.2. The van der Waals surface area contributed by atoms with E-state index >= 15 is 0 Å². The monoisotopic (exact) mass is 225 g/mol. The fraction of sp³-hybridized carbons (Fsp3) is 0.200. The van der Waals surface area contributed by atoms with Crippen molar-refractivity contribution in [3.8, 4) is 11.5 Å². The summed E-state index contributed by atoms with van der Waals surface area (Å²) in [5, 5.41) is 0. The van der Waals surface area contributed by atoms with E-state index in [2.05, 4.69) is 0 Å². The predicted molar refractivity (Wildman–Crippen MR) is 55.1 cm³/mol. The molecule has 1 aromatic carbocycles. The summed E-state index contributed by atoms with van der Waals surface area (Å²) in [5.41, 5.74) is 0.779. The maximum atomic E-state index is 10.6. The fourth-order valence-corrected chi connectivity index (χ4v) is 1.52. The van der Waals surface area contributed by atoms with Crippen molar-refractivity contribution in [1.29, 1.82) is 0 Å². The van der Waals surface area contributed by atoms with Crippen LogP contribution in [0.4, 0.5) is 0 Å². The summed E-state index contributed by atoms with van der Waals surface area (Å²) < 4.78 is 31.5. The number of hydrogen-bond acceptors (Lipinski definition) is 4. The quantitative estimate of drug-likeness (QED) is 0.718. The third-order valence-corrected chi connectivity index (χ3v) is 2.67. The van der Waals surface area contributed by atoms with E-state index in [1.165, 1.54) is 6.92 Å². The van der Waals surface area contributed by atoms with Gasteiger partial charge in [0, 0.05) is 0 Å². The number of rotatable bonds is 2. The van der Waals surface area contributed by atoms with Crippen LogP contribution in [0, 0.1) is 0 Å². The van der Waals surface area contributed by atoms with Crippen molar-refractivity contribution in [2.45, 2.75) is 6.92 Å². The summed E-state index contributed by atoms with van der Waals surface area (Å²) in [6, 6.07) is 5.29. The second-order valence-corrected chi connectivity index (χ2v) is 4.22. The molecular formula is C10H9O4S-. The van der Waals surface area contributed by atoms with Crippen molar-refractivity contribution >= 4 is 17.2 Å². The van der Waals surface area contributed by atoms with Crippen LogP contribution in [-0.4, -0.2) is 15.6 Å². The molecule has 0 N–H and O–H groups in total. The minimum absolute atomic E-state index is 0.217. The van der Waals surface area contributed by atoms with Gasteiger partial charge in [0.2, 0.25) is 6.79 Å². The normalized spacial score (nSPS) is 16.5. The van der Waals surface area contributed by atoms with Crippen molar-refractivity contribution in [1.82, 2.24) is 0 Å². The van der Waals surface area contributed by atoms with Crippen molar-refractivity contribution in [2.24, 2.45) is 0 Å². The number of allylic oxidation sites excluding steroid dienone is 1. The zero-order valence-corrected chi connectivity index (χ0v) is 8.87. The second-order valence-electron chi connectivity index (χ2n) is 3.10. The molecule has 1 aliphatic rings. The Hall–Kier alpha value is -1.33. The number of benzene rings is 1. The molecule has 4 nitrogen and oxygen atoms in total. The van der Waals surface area contributed by atoms with Gasteiger partial charge in [0.15, 0.2) is 11.5 Å². The summed E-state index contributed by atoms with van der Waals surface area (Å²) in [4.78, 5) is 0.286. The third kappa shape index (κ3) is 2.19. The van der Waals surface area contributed by atoms with Crippen molar-refractivity contribution in [2.75, 3.05) is 6.79 Å². The van der Waals surface area contributed by atoms with E-state index in [0.717, 1.165) is 5.56 Å². The average molecular weight is 225 g/mol. The molecule has 0 radical (unpaired) electrons. The molecule has 1 aromatic rings. The largest absolute Gasteiger partial charge is 0.769 e. The van der Waals surface area contributed by atoms with Gasteiger partial charge in [0.05, 0.1) is 0 Å². The molecule has 1 heterocycles. The fourth-order valence-electron chi connectivity index (χ4n) is 1.29. The predicted octanol–water partition coefficient (Wildman–Crippen LogP) is 1.66. The standard InChI is InChI=1S/C10H10O4S/c1-7(15(11)12)4-8-2-3-9-10(5-8)14-6-13-9/h2-5H,6H2,1H3,(H,11,12)/p-1/b7-4-. The Morgan fingerprint density at radius 1 is 1.47 bits per heavy atom. The average Bonchev–Trinajstić information content (AvgIpc) is 2.64. The molecule has 1 unspecified atom stereocenters. The SMILES string of the molecule is C/C(=C/c1ccc2c(c1)OCO2)S(=O)[O-]. The first-order chi connectivity index (χ1) is 7.16. The van der Waals surface area contributed by atoms with Crippen LogP contribution in [0.15, 0.2) is 23.1 Å². The summed E-state index contributed by atoms with van der Waals surface area (Å²) in [6.07, 6.45) is 1.57. The third-order valence-electron chi connectivity index (χ3n) is 2.03. The Bertz CT molecular complexity index is 439. The van der Waals surface area contributed by atoms with Crippen LogP contribution < -0.4 is 9.47 Å². The van der Waals surface area contributed by atoms with Crippen LogP contribution in [0.25, 0.3) is 6.08 Å². The molecule has 0 fully saturated rings. The van der Waals surface area contributed by atoms with E-state index in [9.17, 15) is 8.76 Å². The molecule has 0 aliphatic carbocycles. The van der Waals surface area contributed by atoms with Gasteiger partial charge in [0.25, 0.3) is 0 Å². The highest BCUT2D eigenvalue weighted by Crippen LogP contribution is 2.33. The Labute approximate surface area is 89.8 Å². The lowest BCUT2D eigenvalue weighted by molar-refractivity contribution is 0.174. The van der Waals surface area contributed by atoms with Crippen LogP contribution >= 0.6 is 0 Å². The van der Waals surface area contributed by atoms with E-state index in [1.54, 1.807) is 24.3 Å². The maximum Gasteiger partial charge on any atom is 0.231 e. The highest BCUT2D eigenvalue weighted by molar-refractivity contribution is 7.83. The molecule has 0 bridgehead atoms. The molecule has 0 aromatic heterocycles. The Morgan fingerprint density at radius 2 is 2.20 bits per heavy atom. The molecule has 1 aliphatic heterocycles. The van der Waals surface area contributed by atoms with Gasteiger partial charge in [-0.05, 0) is 46.7 Å². The van der Waals surface area contributed by atoms with E-state index in [1.807, 2.05) is 0 Å². The van der Waals surface area contributed by atoms with E-state index in [-0.39, 0.29) is 11.7 Å². The molecule has 80 valence electrons. The van der Waals surface area contributed by atoms with Crippen molar-refractivity contribution < 1.29 is 18.2 Å². The second kappa shape index (κ2) is 4.04. The van der Waals surface area contributed by atoms with Gasteiger partial charge in [0.1, 0.15) is 0 Å². The first kappa shape index (κ1) is 10.2. The first-order valence-corrected chi connectivity index (χ1v) is 5.41. The highest BCUT2D eigenvalue weighted by Gasteiger charge is 2.12. The highest BCUT2D eigenvalue weighted by atomic mass is 32.2. The molecule has 0 spiro atoms. The van der Waals surface area contributed by atoms with Gasteiger partial charge < -0.3 is 14.0 Å². The van der Waals surface area contributed by atoms with Gasteiger partial charge >= 0.3 is 0 Å². The van der Waals surface area contributed by atoms with Crippen LogP contribution in [0.1, 0.15) is 12.5 Å². The Kier molecular flexibility index (Phi) is 2.75. The minimum atomic E-state index is -2.17. The Balaban J connectivity index is 2.31. The number of hydrogen-bond donors (Lipinski definition) is 0. The maximum absolute atomic E-state index is 10.6. The lowest BCUT2D eigenvalue weighted by Gasteiger charge is -2.04. The van der Waals surface area contributed by atoms with E-state index in [0.29, 0.717) is 11.5 Å². The lowest BCUT2D eigenvalue weighted by Crippen LogP contribution is -1.92. The van der Waals surface area contributed by atoms with Gasteiger partial charge in [-0.15, -0.1) is 0 Å². The van der Waals surface area contributed by atoms with Crippen molar-refractivity contribution in [3.05, 3.63) is 28.7 Å². The summed E-state index contributed by atoms with van der Waals surface area (Å²) in [6.45, 7) is 1.75. The molecule has 15 heavy (non-hydrogen) atoms. The van der Waals surface area contributed by atoms with Gasteiger partial charge in [-0.3, -0.25) is 4.21 Å². The summed E-state index contributed by atoms with van der Waals surface area (Å²) >= 11 is -2.17. The zero-order chi connectivity index (χ0) is 10.8. The first-order valence-electron chi connectivity index (χ1n) is 4.34.